The van der Waals surface area contributed by atoms with E-state index >= 15 is 0 Å². The van der Waals surface area contributed by atoms with Crippen LogP contribution in [0.1, 0.15) is 10.5 Å². The topological polar surface area (TPSA) is 60.4 Å². The standard InChI is InChI=1S/C7H15NO3.ClH/c1-8(2,3)5-6(9)4-7(10)11;/h6,9H,4-5H2,1-3H3;1H/t6-;/m1./s1/i5D2,6D;. The Bertz CT molecular complexity index is 240. The zero-order chi connectivity index (χ0) is 11.8. The number of halogens is 1. The number of likely N-dealkylation sites (N-methyl/N-ethyl adjacent to an activating group) is 1. The molecule has 0 aromatic heterocycles. The molecule has 0 rings (SSSR count). The molecule has 0 aromatic carbocycles. The Morgan fingerprint density at radius 1 is 1.75 bits per heavy atom. The number of hydrogen-bond donors (Lipinski definition) is 1. The number of quaternary nitrogens is 1. The summed E-state index contributed by atoms with van der Waals surface area (Å²) in [6, 6.07) is 0. The second kappa shape index (κ2) is 5.35. The zero-order valence-electron chi connectivity index (χ0n) is 10.3. The fraction of sp³-hybridized carbons (Fsp3) is 0.857. The van der Waals surface area contributed by atoms with Crippen molar-refractivity contribution in [1.29, 1.82) is 0 Å². The van der Waals surface area contributed by atoms with Crippen molar-refractivity contribution in [2.45, 2.75) is 12.5 Å². The number of carbonyl (C=O) groups excluding carboxylic acids is 1. The number of nitrogens with zero attached hydrogens (tertiary/aromatic N) is 1. The summed E-state index contributed by atoms with van der Waals surface area (Å²) in [5.74, 6) is -1.65. The van der Waals surface area contributed by atoms with Crippen molar-refractivity contribution < 1.29 is 23.6 Å². The Kier molecular flexibility index (Phi) is 3.69. The smallest absolute Gasteiger partial charge is 0.108 e. The van der Waals surface area contributed by atoms with Crippen LogP contribution in [-0.2, 0) is 4.79 Å². The third kappa shape index (κ3) is 9.68. The molecule has 0 radical (unpaired) electrons. The summed E-state index contributed by atoms with van der Waals surface area (Å²) in [5.41, 5.74) is 0. The molecule has 0 aliphatic carbocycles. The summed E-state index contributed by atoms with van der Waals surface area (Å²) >= 11 is 0. The minimum absolute atomic E-state index is 0. The highest BCUT2D eigenvalue weighted by Gasteiger charge is 2.14. The molecule has 0 unspecified atom stereocenters. The van der Waals surface area contributed by atoms with Gasteiger partial charge in [-0.1, -0.05) is 0 Å². The molecule has 0 amide bonds. The van der Waals surface area contributed by atoms with E-state index in [1.54, 1.807) is 0 Å². The summed E-state index contributed by atoms with van der Waals surface area (Å²) in [6.07, 6.45) is -3.76. The van der Waals surface area contributed by atoms with Gasteiger partial charge in [-0.3, -0.25) is 0 Å². The maximum Gasteiger partial charge on any atom is 0.108 e. The minimum atomic E-state index is -2.70. The maximum atomic E-state index is 10.2. The van der Waals surface area contributed by atoms with Crippen molar-refractivity contribution in [1.82, 2.24) is 0 Å². The van der Waals surface area contributed by atoms with E-state index in [1.807, 2.05) is 0 Å². The van der Waals surface area contributed by atoms with Crippen molar-refractivity contribution >= 4 is 18.4 Å². The van der Waals surface area contributed by atoms with E-state index in [9.17, 15) is 15.0 Å². The number of carboxylic acids is 1. The van der Waals surface area contributed by atoms with Gasteiger partial charge in [0, 0.05) is 12.4 Å². The van der Waals surface area contributed by atoms with Gasteiger partial charge < -0.3 is 19.5 Å². The SMILES string of the molecule is Cl.[2H]C([2H])([C@]([2H])(O)CC(=O)[O-])[N+](C)(C)C. The Hall–Kier alpha value is -0.320. The molecule has 0 aromatic rings. The van der Waals surface area contributed by atoms with Crippen LogP contribution in [0.5, 0.6) is 0 Å². The monoisotopic (exact) mass is 200 g/mol. The van der Waals surface area contributed by atoms with Crippen molar-refractivity contribution in [2.75, 3.05) is 27.6 Å². The number of carboxylic acid groups (broad SMARTS) is 1. The number of rotatable bonds is 4. The predicted molar refractivity (Wildman–Crippen MR) is 45.8 cm³/mol. The van der Waals surface area contributed by atoms with E-state index in [2.05, 4.69) is 0 Å². The number of carbonyl (C=O) groups is 1. The molecule has 0 fully saturated rings. The third-order valence-corrected chi connectivity index (χ3v) is 0.776. The van der Waals surface area contributed by atoms with Gasteiger partial charge in [-0.15, -0.1) is 12.4 Å². The van der Waals surface area contributed by atoms with Crippen LogP contribution in [0.4, 0.5) is 0 Å². The van der Waals surface area contributed by atoms with E-state index in [4.69, 9.17) is 4.11 Å². The van der Waals surface area contributed by atoms with E-state index in [0.29, 0.717) is 0 Å². The molecular formula is C7H16ClNO3. The minimum Gasteiger partial charge on any atom is -0.550 e. The quantitative estimate of drug-likeness (QED) is 0.569. The van der Waals surface area contributed by atoms with Crippen molar-refractivity contribution in [3.8, 4) is 0 Å². The lowest BCUT2D eigenvalue weighted by Crippen LogP contribution is -2.43. The molecule has 5 heteroatoms. The van der Waals surface area contributed by atoms with Crippen LogP contribution >= 0.6 is 12.4 Å². The number of hydrogen-bond acceptors (Lipinski definition) is 3. The molecule has 0 saturated carbocycles. The molecule has 1 N–H and O–H groups in total. The Morgan fingerprint density at radius 2 is 2.17 bits per heavy atom. The molecule has 74 valence electrons. The molecule has 0 saturated heterocycles. The first kappa shape index (κ1) is 8.29. The molecular weight excluding hydrogens is 182 g/mol. The summed E-state index contributed by atoms with van der Waals surface area (Å²) in [7, 11) is 4.28. The Labute approximate surface area is 83.0 Å². The first-order valence-corrected chi connectivity index (χ1v) is 3.15. The van der Waals surface area contributed by atoms with Crippen LogP contribution in [0.3, 0.4) is 0 Å². The predicted octanol–water partition coefficient (Wildman–Crippen LogP) is -1.38. The Balaban J connectivity index is 0. The summed E-state index contributed by atoms with van der Waals surface area (Å²) in [6.45, 7) is -2.40. The van der Waals surface area contributed by atoms with Crippen molar-refractivity contribution in [3.63, 3.8) is 0 Å². The van der Waals surface area contributed by atoms with Gasteiger partial charge in [0.05, 0.1) is 25.3 Å². The van der Waals surface area contributed by atoms with Crippen LogP contribution in [0.2, 0.25) is 0 Å². The van der Waals surface area contributed by atoms with Gasteiger partial charge in [0.1, 0.15) is 12.6 Å². The van der Waals surface area contributed by atoms with Gasteiger partial charge in [-0.25, -0.2) is 0 Å². The van der Waals surface area contributed by atoms with Gasteiger partial charge in [0.15, 0.2) is 0 Å². The largest absolute Gasteiger partial charge is 0.550 e. The highest BCUT2D eigenvalue weighted by Crippen LogP contribution is 1.97. The number of aliphatic carboxylic acids is 1. The van der Waals surface area contributed by atoms with E-state index in [1.165, 1.54) is 21.1 Å². The molecule has 0 heterocycles. The van der Waals surface area contributed by atoms with Gasteiger partial charge >= 0.3 is 0 Å². The second-order valence-corrected chi connectivity index (χ2v) is 3.12. The second-order valence-electron chi connectivity index (χ2n) is 3.12. The molecule has 0 aliphatic rings. The lowest BCUT2D eigenvalue weighted by Gasteiger charge is -2.26. The summed E-state index contributed by atoms with van der Waals surface area (Å²) in [4.78, 5) is 10.2. The third-order valence-electron chi connectivity index (χ3n) is 0.776. The summed E-state index contributed by atoms with van der Waals surface area (Å²) in [5, 5.41) is 19.6. The first-order chi connectivity index (χ1) is 5.92. The maximum absolute atomic E-state index is 10.2. The van der Waals surface area contributed by atoms with Crippen LogP contribution in [0, 0.1) is 0 Å². The fourth-order valence-electron chi connectivity index (χ4n) is 0.563. The molecule has 1 atom stereocenters. The zero-order valence-corrected chi connectivity index (χ0v) is 8.14. The average molecular weight is 201 g/mol. The van der Waals surface area contributed by atoms with Crippen molar-refractivity contribution in [2.24, 2.45) is 0 Å². The molecule has 0 aliphatic heterocycles. The molecule has 12 heavy (non-hydrogen) atoms. The fourth-order valence-corrected chi connectivity index (χ4v) is 0.563. The van der Waals surface area contributed by atoms with Gasteiger partial charge in [0.2, 0.25) is 0 Å². The molecule has 0 bridgehead atoms. The average Bonchev–Trinajstić information content (AvgIpc) is 1.80. The van der Waals surface area contributed by atoms with Crippen LogP contribution in [-0.4, -0.2) is 49.3 Å². The van der Waals surface area contributed by atoms with E-state index < -0.39 is 25.0 Å². The first-order valence-electron chi connectivity index (χ1n) is 4.65. The van der Waals surface area contributed by atoms with Crippen LogP contribution < -0.4 is 5.11 Å². The van der Waals surface area contributed by atoms with E-state index in [0.717, 1.165) is 0 Å². The highest BCUT2D eigenvalue weighted by atomic mass is 35.5. The van der Waals surface area contributed by atoms with Gasteiger partial charge in [-0.2, -0.15) is 0 Å². The lowest BCUT2D eigenvalue weighted by molar-refractivity contribution is -0.873. The molecule has 0 spiro atoms. The van der Waals surface area contributed by atoms with Crippen LogP contribution in [0.15, 0.2) is 0 Å². The molecule has 4 nitrogen and oxygen atoms in total. The lowest BCUT2D eigenvalue weighted by atomic mass is 10.2. The Morgan fingerprint density at radius 3 is 2.42 bits per heavy atom. The van der Waals surface area contributed by atoms with E-state index in [-0.39, 0.29) is 16.9 Å². The van der Waals surface area contributed by atoms with Gasteiger partial charge in [0.25, 0.3) is 0 Å². The number of aliphatic hydroxyl groups is 1. The highest BCUT2D eigenvalue weighted by molar-refractivity contribution is 5.85. The van der Waals surface area contributed by atoms with Crippen LogP contribution in [0.25, 0.3) is 0 Å². The van der Waals surface area contributed by atoms with Crippen molar-refractivity contribution in [3.05, 3.63) is 0 Å². The summed E-state index contributed by atoms with van der Waals surface area (Å²) < 4.78 is 21.9. The van der Waals surface area contributed by atoms with Gasteiger partial charge in [-0.05, 0) is 0 Å². The normalized spacial score (nSPS) is 20.8.